The third kappa shape index (κ3) is 5.31. The van der Waals surface area contributed by atoms with Crippen molar-refractivity contribution in [2.75, 3.05) is 13.7 Å². The van der Waals surface area contributed by atoms with E-state index in [4.69, 9.17) is 4.74 Å². The maximum Gasteiger partial charge on any atom is 0.255 e. The fourth-order valence-electron chi connectivity index (χ4n) is 3.09. The number of ether oxygens (including phenoxy) is 1. The van der Waals surface area contributed by atoms with Gasteiger partial charge in [0.05, 0.1) is 18.4 Å². The van der Waals surface area contributed by atoms with Gasteiger partial charge in [-0.2, -0.15) is 5.10 Å². The monoisotopic (exact) mass is 420 g/mol. The molecule has 31 heavy (non-hydrogen) atoms. The van der Waals surface area contributed by atoms with Crippen LogP contribution in [0.4, 0.5) is 0 Å². The number of aryl methyl sites for hydroxylation is 1. The van der Waals surface area contributed by atoms with Crippen LogP contribution < -0.4 is 15.4 Å². The lowest BCUT2D eigenvalue weighted by Gasteiger charge is -2.13. The molecule has 0 aliphatic heterocycles. The van der Waals surface area contributed by atoms with Crippen molar-refractivity contribution in [3.8, 4) is 22.7 Å². The van der Waals surface area contributed by atoms with Crippen LogP contribution >= 0.6 is 0 Å². The molecule has 0 aliphatic rings. The number of amides is 2. The van der Waals surface area contributed by atoms with Crippen LogP contribution in [0.5, 0.6) is 5.75 Å². The first-order valence-electron chi connectivity index (χ1n) is 10.3. The van der Waals surface area contributed by atoms with Crippen molar-refractivity contribution < 1.29 is 14.3 Å². The molecule has 1 atom stereocenters. The fraction of sp³-hybridized carbons (Fsp3) is 0.292. The van der Waals surface area contributed by atoms with Crippen LogP contribution in [0.1, 0.15) is 36.2 Å². The van der Waals surface area contributed by atoms with E-state index in [0.717, 1.165) is 23.2 Å². The van der Waals surface area contributed by atoms with Crippen molar-refractivity contribution >= 4 is 11.8 Å². The normalized spacial score (nSPS) is 11.6. The molecule has 2 N–H and O–H groups in total. The quantitative estimate of drug-likeness (QED) is 0.584. The molecule has 0 unspecified atom stereocenters. The Morgan fingerprint density at radius 2 is 1.90 bits per heavy atom. The zero-order valence-corrected chi connectivity index (χ0v) is 18.3. The summed E-state index contributed by atoms with van der Waals surface area (Å²) in [5, 5.41) is 10.3. The summed E-state index contributed by atoms with van der Waals surface area (Å²) in [6.45, 7) is 6.22. The molecule has 0 radical (unpaired) electrons. The summed E-state index contributed by atoms with van der Waals surface area (Å²) in [6.07, 6.45) is 2.52. The van der Waals surface area contributed by atoms with E-state index in [1.165, 1.54) is 0 Å². The first-order chi connectivity index (χ1) is 14.9. The molecule has 0 spiro atoms. The second-order valence-electron chi connectivity index (χ2n) is 7.39. The van der Waals surface area contributed by atoms with Crippen LogP contribution in [0, 0.1) is 6.92 Å². The van der Waals surface area contributed by atoms with Gasteiger partial charge in [-0.25, -0.2) is 4.68 Å². The Balaban J connectivity index is 1.97. The third-order valence-electron chi connectivity index (χ3n) is 4.89. The molecule has 2 aromatic carbocycles. The minimum Gasteiger partial charge on any atom is -0.497 e. The van der Waals surface area contributed by atoms with Gasteiger partial charge in [0.1, 0.15) is 17.5 Å². The van der Waals surface area contributed by atoms with E-state index >= 15 is 0 Å². The fourth-order valence-corrected chi connectivity index (χ4v) is 3.09. The smallest absolute Gasteiger partial charge is 0.255 e. The average molecular weight is 421 g/mol. The zero-order chi connectivity index (χ0) is 22.4. The number of methoxy groups -OCH3 is 1. The molecule has 2 amide bonds. The highest BCUT2D eigenvalue weighted by Crippen LogP contribution is 2.27. The van der Waals surface area contributed by atoms with Gasteiger partial charge in [0, 0.05) is 18.3 Å². The molecule has 3 aromatic rings. The summed E-state index contributed by atoms with van der Waals surface area (Å²) < 4.78 is 7.00. The van der Waals surface area contributed by atoms with Crippen LogP contribution in [0.25, 0.3) is 16.9 Å². The summed E-state index contributed by atoms with van der Waals surface area (Å²) in [7, 11) is 1.59. The molecule has 3 rings (SSSR count). The topological polar surface area (TPSA) is 85.3 Å². The Kier molecular flexibility index (Phi) is 7.07. The third-order valence-corrected chi connectivity index (χ3v) is 4.89. The Bertz CT molecular complexity index is 1060. The SMILES string of the molecule is CCCNC(=O)[C@@H](C)NC(=O)c1cn(-c2ccc(C)cc2)nc1-c1cccc(OC)c1. The summed E-state index contributed by atoms with van der Waals surface area (Å²) >= 11 is 0. The number of aromatic nitrogens is 2. The first kappa shape index (κ1) is 22.1. The molecule has 162 valence electrons. The summed E-state index contributed by atoms with van der Waals surface area (Å²) in [6, 6.07) is 14.6. The average Bonchev–Trinajstić information content (AvgIpc) is 3.23. The lowest BCUT2D eigenvalue weighted by Crippen LogP contribution is -2.45. The van der Waals surface area contributed by atoms with E-state index in [-0.39, 0.29) is 11.8 Å². The standard InChI is InChI=1S/C24H28N4O3/c1-5-13-25-23(29)17(3)26-24(30)21-15-28(19-11-9-16(2)10-12-19)27-22(21)18-7-6-8-20(14-18)31-4/h6-12,14-15,17H,5,13H2,1-4H3,(H,25,29)(H,26,30)/t17-/m1/s1. The molecule has 0 aliphatic carbocycles. The largest absolute Gasteiger partial charge is 0.497 e. The molecule has 0 fully saturated rings. The number of benzene rings is 2. The van der Waals surface area contributed by atoms with Crippen molar-refractivity contribution in [1.29, 1.82) is 0 Å². The maximum atomic E-state index is 13.1. The molecule has 1 heterocycles. The van der Waals surface area contributed by atoms with Crippen LogP contribution in [0.2, 0.25) is 0 Å². The van der Waals surface area contributed by atoms with Gasteiger partial charge in [0.25, 0.3) is 5.91 Å². The van der Waals surface area contributed by atoms with Crippen LogP contribution in [-0.4, -0.2) is 41.3 Å². The van der Waals surface area contributed by atoms with E-state index in [1.807, 2.05) is 62.4 Å². The number of hydrogen-bond donors (Lipinski definition) is 2. The van der Waals surface area contributed by atoms with Gasteiger partial charge in [-0.1, -0.05) is 36.8 Å². The van der Waals surface area contributed by atoms with Gasteiger partial charge in [0.2, 0.25) is 5.91 Å². The van der Waals surface area contributed by atoms with Crippen molar-refractivity contribution in [2.45, 2.75) is 33.2 Å². The lowest BCUT2D eigenvalue weighted by atomic mass is 10.1. The summed E-state index contributed by atoms with van der Waals surface area (Å²) in [4.78, 5) is 25.3. The van der Waals surface area contributed by atoms with E-state index in [0.29, 0.717) is 23.6 Å². The van der Waals surface area contributed by atoms with Crippen LogP contribution in [0.3, 0.4) is 0 Å². The summed E-state index contributed by atoms with van der Waals surface area (Å²) in [5.41, 5.74) is 3.61. The van der Waals surface area contributed by atoms with E-state index in [9.17, 15) is 9.59 Å². The molecule has 1 aromatic heterocycles. The highest BCUT2D eigenvalue weighted by molar-refractivity contribution is 6.02. The lowest BCUT2D eigenvalue weighted by molar-refractivity contribution is -0.122. The number of rotatable bonds is 8. The van der Waals surface area contributed by atoms with Gasteiger partial charge in [-0.3, -0.25) is 9.59 Å². The Morgan fingerprint density at radius 1 is 1.16 bits per heavy atom. The second kappa shape index (κ2) is 9.93. The van der Waals surface area contributed by atoms with Gasteiger partial charge < -0.3 is 15.4 Å². The van der Waals surface area contributed by atoms with E-state index in [1.54, 1.807) is 24.9 Å². The minimum absolute atomic E-state index is 0.218. The number of nitrogens with one attached hydrogen (secondary N) is 2. The predicted molar refractivity (Wildman–Crippen MR) is 121 cm³/mol. The molecule has 0 saturated carbocycles. The van der Waals surface area contributed by atoms with E-state index < -0.39 is 6.04 Å². The second-order valence-corrected chi connectivity index (χ2v) is 7.39. The minimum atomic E-state index is -0.667. The van der Waals surface area contributed by atoms with Gasteiger partial charge in [-0.15, -0.1) is 0 Å². The maximum absolute atomic E-state index is 13.1. The van der Waals surface area contributed by atoms with Crippen LogP contribution in [-0.2, 0) is 4.79 Å². The van der Waals surface area contributed by atoms with E-state index in [2.05, 4.69) is 15.7 Å². The number of hydrogen-bond acceptors (Lipinski definition) is 4. The Labute approximate surface area is 182 Å². The molecular formula is C24H28N4O3. The zero-order valence-electron chi connectivity index (χ0n) is 18.3. The highest BCUT2D eigenvalue weighted by atomic mass is 16.5. The molecule has 0 bridgehead atoms. The molecule has 7 nitrogen and oxygen atoms in total. The predicted octanol–water partition coefficient (Wildman–Crippen LogP) is 3.50. The molecular weight excluding hydrogens is 392 g/mol. The van der Waals surface area contributed by atoms with Crippen molar-refractivity contribution in [3.63, 3.8) is 0 Å². The summed E-state index contributed by atoms with van der Waals surface area (Å²) in [5.74, 6) is 0.0837. The first-order valence-corrected chi connectivity index (χ1v) is 10.3. The van der Waals surface area contributed by atoms with Gasteiger partial charge >= 0.3 is 0 Å². The Hall–Kier alpha value is -3.61. The number of carbonyl (C=O) groups is 2. The number of carbonyl (C=O) groups excluding carboxylic acids is 2. The molecule has 7 heteroatoms. The van der Waals surface area contributed by atoms with Gasteiger partial charge in [-0.05, 0) is 44.5 Å². The van der Waals surface area contributed by atoms with Crippen LogP contribution in [0.15, 0.2) is 54.7 Å². The molecule has 0 saturated heterocycles. The number of nitrogens with zero attached hydrogens (tertiary/aromatic N) is 2. The highest BCUT2D eigenvalue weighted by Gasteiger charge is 2.22. The van der Waals surface area contributed by atoms with Gasteiger partial charge in [0.15, 0.2) is 0 Å². The Morgan fingerprint density at radius 3 is 2.58 bits per heavy atom. The van der Waals surface area contributed by atoms with Crippen molar-refractivity contribution in [1.82, 2.24) is 20.4 Å². The van der Waals surface area contributed by atoms with Crippen molar-refractivity contribution in [3.05, 3.63) is 65.9 Å². The van der Waals surface area contributed by atoms with Crippen molar-refractivity contribution in [2.24, 2.45) is 0 Å².